The second kappa shape index (κ2) is 14.6. The minimum absolute atomic E-state index is 0.0700. The molecule has 0 aliphatic rings. The van der Waals surface area contributed by atoms with Gasteiger partial charge in [-0.3, -0.25) is 4.79 Å². The largest absolute Gasteiger partial charge is 0.493 e. The topological polar surface area (TPSA) is 132 Å². The molecule has 0 unspecified atom stereocenters. The number of ether oxygens (including phenoxy) is 1. The highest BCUT2D eigenvalue weighted by molar-refractivity contribution is 7.97. The molecular formula is C19H24Cl2N4O4S. The Hall–Kier alpha value is -2.33. The highest BCUT2D eigenvalue weighted by atomic mass is 35.5. The minimum Gasteiger partial charge on any atom is -0.493 e. The average molecular weight is 475 g/mol. The summed E-state index contributed by atoms with van der Waals surface area (Å²) in [6.45, 7) is 2.93. The van der Waals surface area contributed by atoms with E-state index < -0.39 is 5.97 Å². The summed E-state index contributed by atoms with van der Waals surface area (Å²) < 4.78 is 8.13. The van der Waals surface area contributed by atoms with Crippen LogP contribution in [0.5, 0.6) is 5.75 Å². The van der Waals surface area contributed by atoms with E-state index >= 15 is 0 Å². The molecular weight excluding hydrogens is 451 g/mol. The molecule has 11 heteroatoms. The third-order valence-electron chi connectivity index (χ3n) is 3.09. The van der Waals surface area contributed by atoms with Crippen LogP contribution in [-0.4, -0.2) is 36.8 Å². The number of aryl methyl sites for hydroxylation is 1. The van der Waals surface area contributed by atoms with Crippen LogP contribution in [0.15, 0.2) is 52.5 Å². The Morgan fingerprint density at radius 2 is 1.77 bits per heavy atom. The molecule has 0 aromatic heterocycles. The third-order valence-corrected chi connectivity index (χ3v) is 4.29. The van der Waals surface area contributed by atoms with Crippen LogP contribution in [0, 0.1) is 6.92 Å². The molecule has 0 bridgehead atoms. The number of nitrogens with two attached hydrogens (primary N) is 2. The van der Waals surface area contributed by atoms with Crippen molar-refractivity contribution in [2.45, 2.75) is 18.2 Å². The number of nitrogens with one attached hydrogen (secondary N) is 1. The zero-order valence-electron chi connectivity index (χ0n) is 16.3. The lowest BCUT2D eigenvalue weighted by Crippen LogP contribution is -2.23. The molecule has 2 aromatic carbocycles. The third kappa shape index (κ3) is 13.0. The fraction of sp³-hybridized carbons (Fsp3) is 0.263. The maximum atomic E-state index is 10.2. The van der Waals surface area contributed by atoms with Gasteiger partial charge in [0.2, 0.25) is 5.96 Å². The van der Waals surface area contributed by atoms with E-state index in [1.165, 1.54) is 17.5 Å². The van der Waals surface area contributed by atoms with Gasteiger partial charge in [0.25, 0.3) is 0 Å². The number of carbonyl (C=O) groups is 1. The van der Waals surface area contributed by atoms with Crippen LogP contribution in [0.3, 0.4) is 0 Å². The average Bonchev–Trinajstić information content (AvgIpc) is 2.65. The summed E-state index contributed by atoms with van der Waals surface area (Å²) in [5.74, 6) is -0.127. The molecule has 0 saturated heterocycles. The van der Waals surface area contributed by atoms with Crippen LogP contribution in [0.2, 0.25) is 10.0 Å². The predicted octanol–water partition coefficient (Wildman–Crippen LogP) is 3.64. The van der Waals surface area contributed by atoms with Gasteiger partial charge >= 0.3 is 5.97 Å². The lowest BCUT2D eigenvalue weighted by molar-refractivity contribution is -0.135. The molecule has 0 aliphatic carbocycles. The molecule has 8 nitrogen and oxygen atoms in total. The number of carboxylic acid groups (broad SMARTS) is 1. The van der Waals surface area contributed by atoms with E-state index in [1.54, 1.807) is 18.2 Å². The normalized spacial score (nSPS) is 9.83. The number of halogens is 2. The summed E-state index contributed by atoms with van der Waals surface area (Å²) >= 11 is 12.7. The Morgan fingerprint density at radius 1 is 1.13 bits per heavy atom. The summed E-state index contributed by atoms with van der Waals surface area (Å²) in [5.41, 5.74) is 11.4. The first kappa shape index (κ1) is 25.7. The van der Waals surface area contributed by atoms with Crippen molar-refractivity contribution in [1.82, 2.24) is 4.72 Å². The maximum Gasteiger partial charge on any atom is 0.318 e. The summed E-state index contributed by atoms with van der Waals surface area (Å²) in [5, 5.41) is 12.8. The molecule has 0 saturated carbocycles. The van der Waals surface area contributed by atoms with Crippen molar-refractivity contribution in [2.24, 2.45) is 16.6 Å². The maximum absolute atomic E-state index is 10.2. The van der Waals surface area contributed by atoms with Crippen molar-refractivity contribution >= 4 is 47.1 Å². The second-order valence-corrected chi connectivity index (χ2v) is 7.62. The van der Waals surface area contributed by atoms with Crippen molar-refractivity contribution in [2.75, 3.05) is 19.8 Å². The lowest BCUT2D eigenvalue weighted by Gasteiger charge is -2.05. The Balaban J connectivity index is 0.000000303. The van der Waals surface area contributed by atoms with Gasteiger partial charge in [-0.05, 0) is 54.4 Å². The van der Waals surface area contributed by atoms with E-state index in [-0.39, 0.29) is 12.5 Å². The summed E-state index contributed by atoms with van der Waals surface area (Å²) in [4.78, 5) is 15.8. The molecule has 0 radical (unpaired) electrons. The van der Waals surface area contributed by atoms with Gasteiger partial charge in [0.05, 0.1) is 6.61 Å². The van der Waals surface area contributed by atoms with Gasteiger partial charge in [0.15, 0.2) is 0 Å². The Kier molecular flexibility index (Phi) is 12.5. The van der Waals surface area contributed by atoms with Crippen LogP contribution < -0.4 is 20.9 Å². The number of hydrogen-bond acceptors (Lipinski definition) is 6. The van der Waals surface area contributed by atoms with Crippen LogP contribution >= 0.6 is 35.1 Å². The number of guanidine groups is 1. The molecule has 2 aromatic rings. The molecule has 0 fully saturated rings. The van der Waals surface area contributed by atoms with E-state index in [1.807, 2.05) is 31.2 Å². The first-order chi connectivity index (χ1) is 14.3. The van der Waals surface area contributed by atoms with Gasteiger partial charge in [-0.1, -0.05) is 40.9 Å². The van der Waals surface area contributed by atoms with E-state index in [0.29, 0.717) is 23.3 Å². The predicted molar refractivity (Wildman–Crippen MR) is 121 cm³/mol. The van der Waals surface area contributed by atoms with Crippen molar-refractivity contribution in [3.8, 4) is 5.75 Å². The first-order valence-corrected chi connectivity index (χ1v) is 10.3. The monoisotopic (exact) mass is 474 g/mol. The molecule has 6 N–H and O–H groups in total. The SMILES string of the molecule is Cc1ccc(OCCCON=C(N)N)cc1.O=C(O)CNSc1cc(Cl)cc(Cl)c1. The van der Waals surface area contributed by atoms with Crippen molar-refractivity contribution in [1.29, 1.82) is 0 Å². The minimum atomic E-state index is -0.911. The van der Waals surface area contributed by atoms with Crippen LogP contribution in [-0.2, 0) is 9.63 Å². The number of aliphatic carboxylic acids is 1. The molecule has 0 amide bonds. The van der Waals surface area contributed by atoms with Gasteiger partial charge in [0.1, 0.15) is 18.9 Å². The van der Waals surface area contributed by atoms with Crippen molar-refractivity contribution in [3.05, 3.63) is 58.1 Å². The number of rotatable bonds is 10. The number of carboxylic acids is 1. The Morgan fingerprint density at radius 3 is 2.33 bits per heavy atom. The number of nitrogens with zero attached hydrogens (tertiary/aromatic N) is 1. The smallest absolute Gasteiger partial charge is 0.318 e. The summed E-state index contributed by atoms with van der Waals surface area (Å²) in [6.07, 6.45) is 0.727. The molecule has 164 valence electrons. The summed E-state index contributed by atoms with van der Waals surface area (Å²) in [6, 6.07) is 12.9. The standard InChI is InChI=1S/C11H17N3O2.C8H7Cl2NO2S/c1-9-3-5-10(6-4-9)15-7-2-8-16-14-11(12)13;9-5-1-6(10)3-7(2-5)14-11-4-8(12)13/h3-6H,2,7-8H2,1H3,(H4,12,13,14);1-3,11H,4H2,(H,12,13). The van der Waals surface area contributed by atoms with Gasteiger partial charge < -0.3 is 26.1 Å². The Labute approximate surface area is 189 Å². The van der Waals surface area contributed by atoms with Gasteiger partial charge in [-0.2, -0.15) is 0 Å². The van der Waals surface area contributed by atoms with E-state index in [4.69, 9.17) is 49.4 Å². The van der Waals surface area contributed by atoms with Crippen LogP contribution in [0.4, 0.5) is 0 Å². The fourth-order valence-corrected chi connectivity index (χ4v) is 3.23. The molecule has 0 aliphatic heterocycles. The molecule has 0 spiro atoms. The zero-order valence-corrected chi connectivity index (χ0v) is 18.6. The Bertz CT molecular complexity index is 798. The van der Waals surface area contributed by atoms with Crippen LogP contribution in [0.1, 0.15) is 12.0 Å². The number of benzene rings is 2. The van der Waals surface area contributed by atoms with Crippen molar-refractivity contribution in [3.63, 3.8) is 0 Å². The zero-order chi connectivity index (χ0) is 22.4. The van der Waals surface area contributed by atoms with Gasteiger partial charge in [-0.15, -0.1) is 0 Å². The van der Waals surface area contributed by atoms with Gasteiger partial charge in [-0.25, -0.2) is 4.72 Å². The van der Waals surface area contributed by atoms with E-state index in [0.717, 1.165) is 17.1 Å². The highest BCUT2D eigenvalue weighted by Crippen LogP contribution is 2.24. The summed E-state index contributed by atoms with van der Waals surface area (Å²) in [7, 11) is 0. The fourth-order valence-electron chi connectivity index (χ4n) is 1.84. The molecule has 30 heavy (non-hydrogen) atoms. The number of oxime groups is 1. The molecule has 0 heterocycles. The van der Waals surface area contributed by atoms with Crippen LogP contribution in [0.25, 0.3) is 0 Å². The van der Waals surface area contributed by atoms with Crippen molar-refractivity contribution < 1.29 is 19.5 Å². The molecule has 0 atom stereocenters. The van der Waals surface area contributed by atoms with E-state index in [9.17, 15) is 4.79 Å². The lowest BCUT2D eigenvalue weighted by atomic mass is 10.2. The number of hydrogen-bond donors (Lipinski definition) is 4. The van der Waals surface area contributed by atoms with E-state index in [2.05, 4.69) is 9.88 Å². The highest BCUT2D eigenvalue weighted by Gasteiger charge is 2.00. The quantitative estimate of drug-likeness (QED) is 0.135. The first-order valence-electron chi connectivity index (χ1n) is 8.74. The van der Waals surface area contributed by atoms with Gasteiger partial charge in [0, 0.05) is 21.4 Å². The second-order valence-electron chi connectivity index (χ2n) is 5.79. The molecule has 2 rings (SSSR count).